The van der Waals surface area contributed by atoms with Gasteiger partial charge in [-0.25, -0.2) is 21.9 Å². The van der Waals surface area contributed by atoms with Gasteiger partial charge in [0.2, 0.25) is 10.0 Å². The van der Waals surface area contributed by atoms with Gasteiger partial charge in [0.1, 0.15) is 11.6 Å². The van der Waals surface area contributed by atoms with Crippen molar-refractivity contribution in [3.8, 4) is 0 Å². The van der Waals surface area contributed by atoms with Gasteiger partial charge in [-0.1, -0.05) is 0 Å². The molecule has 19 heavy (non-hydrogen) atoms. The molecule has 0 spiro atoms. The fraction of sp³-hybridized carbons (Fsp3) is 0.100. The summed E-state index contributed by atoms with van der Waals surface area (Å²) in [6.07, 6.45) is 1.46. The maximum atomic E-state index is 13.5. The molecule has 0 saturated carbocycles. The zero-order valence-electron chi connectivity index (χ0n) is 9.43. The molecule has 2 rings (SSSR count). The van der Waals surface area contributed by atoms with E-state index < -0.39 is 26.6 Å². The van der Waals surface area contributed by atoms with Crippen LogP contribution in [0, 0.1) is 11.6 Å². The largest absolute Gasteiger partial charge is 0.399 e. The van der Waals surface area contributed by atoms with E-state index >= 15 is 0 Å². The highest BCUT2D eigenvalue weighted by atomic mass is 32.2. The van der Waals surface area contributed by atoms with Crippen molar-refractivity contribution in [3.63, 3.8) is 0 Å². The Balaban J connectivity index is 2.29. The van der Waals surface area contributed by atoms with Crippen LogP contribution < -0.4 is 10.5 Å². The van der Waals surface area contributed by atoms with E-state index in [4.69, 9.17) is 5.73 Å². The zero-order chi connectivity index (χ0) is 14.0. The van der Waals surface area contributed by atoms with Gasteiger partial charge in [-0.3, -0.25) is 4.98 Å². The SMILES string of the molecule is Nc1cc(F)c(S(=O)(=O)NCc2cncs2)c(F)c1. The summed E-state index contributed by atoms with van der Waals surface area (Å²) in [7, 11) is -4.29. The van der Waals surface area contributed by atoms with Crippen LogP contribution in [0.2, 0.25) is 0 Å². The van der Waals surface area contributed by atoms with E-state index in [1.807, 2.05) is 0 Å². The first kappa shape index (κ1) is 13.8. The first-order valence-electron chi connectivity index (χ1n) is 5.01. The number of sulfonamides is 1. The number of anilines is 1. The molecule has 1 aromatic heterocycles. The van der Waals surface area contributed by atoms with Crippen molar-refractivity contribution in [1.29, 1.82) is 0 Å². The number of nitrogen functional groups attached to an aromatic ring is 1. The summed E-state index contributed by atoms with van der Waals surface area (Å²) >= 11 is 1.22. The lowest BCUT2D eigenvalue weighted by atomic mass is 10.3. The molecule has 0 bridgehead atoms. The second-order valence-corrected chi connectivity index (χ2v) is 6.28. The summed E-state index contributed by atoms with van der Waals surface area (Å²) in [4.78, 5) is 3.35. The standard InChI is InChI=1S/C10H9F2N3O2S2/c11-8-1-6(13)2-9(12)10(8)19(16,17)15-4-7-3-14-5-18-7/h1-3,5,15H,4,13H2. The van der Waals surface area contributed by atoms with Gasteiger partial charge in [-0.05, 0) is 12.1 Å². The van der Waals surface area contributed by atoms with Crippen LogP contribution in [0.4, 0.5) is 14.5 Å². The van der Waals surface area contributed by atoms with Crippen molar-refractivity contribution in [1.82, 2.24) is 9.71 Å². The summed E-state index contributed by atoms with van der Waals surface area (Å²) < 4.78 is 52.8. The average Bonchev–Trinajstić information content (AvgIpc) is 2.77. The van der Waals surface area contributed by atoms with Crippen molar-refractivity contribution in [2.45, 2.75) is 11.4 Å². The number of nitrogens with two attached hydrogens (primary N) is 1. The first-order chi connectivity index (χ1) is 8.90. The molecule has 0 saturated heterocycles. The molecule has 0 unspecified atom stereocenters. The fourth-order valence-electron chi connectivity index (χ4n) is 1.40. The molecular formula is C10H9F2N3O2S2. The normalized spacial score (nSPS) is 11.7. The predicted molar refractivity (Wildman–Crippen MR) is 66.9 cm³/mol. The second-order valence-electron chi connectivity index (χ2n) is 3.61. The highest BCUT2D eigenvalue weighted by Crippen LogP contribution is 2.22. The molecule has 102 valence electrons. The van der Waals surface area contributed by atoms with Crippen LogP contribution in [0.3, 0.4) is 0 Å². The monoisotopic (exact) mass is 305 g/mol. The highest BCUT2D eigenvalue weighted by Gasteiger charge is 2.24. The van der Waals surface area contributed by atoms with E-state index in [0.29, 0.717) is 4.88 Å². The van der Waals surface area contributed by atoms with Gasteiger partial charge < -0.3 is 5.73 Å². The third kappa shape index (κ3) is 3.06. The summed E-state index contributed by atoms with van der Waals surface area (Å²) in [5.74, 6) is -2.45. The predicted octanol–water partition coefficient (Wildman–Crippen LogP) is 1.48. The van der Waals surface area contributed by atoms with Crippen molar-refractivity contribution >= 4 is 27.0 Å². The number of nitrogens with zero attached hydrogens (tertiary/aromatic N) is 1. The molecule has 0 aliphatic rings. The van der Waals surface area contributed by atoms with Crippen LogP contribution in [-0.4, -0.2) is 13.4 Å². The number of nitrogens with one attached hydrogen (secondary N) is 1. The number of hydrogen-bond donors (Lipinski definition) is 2. The zero-order valence-corrected chi connectivity index (χ0v) is 11.1. The number of halogens is 2. The van der Waals surface area contributed by atoms with E-state index in [9.17, 15) is 17.2 Å². The number of aromatic nitrogens is 1. The van der Waals surface area contributed by atoms with Crippen molar-refractivity contribution in [2.24, 2.45) is 0 Å². The highest BCUT2D eigenvalue weighted by molar-refractivity contribution is 7.89. The fourth-order valence-corrected chi connectivity index (χ4v) is 3.15. The second kappa shape index (κ2) is 5.19. The number of benzene rings is 1. The van der Waals surface area contributed by atoms with E-state index in [1.165, 1.54) is 23.0 Å². The lowest BCUT2D eigenvalue weighted by molar-refractivity contribution is 0.515. The third-order valence-corrected chi connectivity index (χ3v) is 4.44. The average molecular weight is 305 g/mol. The van der Waals surface area contributed by atoms with Crippen LogP contribution in [-0.2, 0) is 16.6 Å². The summed E-state index contributed by atoms with van der Waals surface area (Å²) in [5.41, 5.74) is 6.56. The van der Waals surface area contributed by atoms with Gasteiger partial charge >= 0.3 is 0 Å². The Hall–Kier alpha value is -1.58. The quantitative estimate of drug-likeness (QED) is 0.838. The van der Waals surface area contributed by atoms with E-state index in [1.54, 1.807) is 0 Å². The molecule has 1 heterocycles. The number of thiazole rings is 1. The van der Waals surface area contributed by atoms with Crippen molar-refractivity contribution < 1.29 is 17.2 Å². The minimum absolute atomic E-state index is 0.0870. The Morgan fingerprint density at radius 3 is 2.47 bits per heavy atom. The Morgan fingerprint density at radius 2 is 1.95 bits per heavy atom. The van der Waals surface area contributed by atoms with E-state index in [2.05, 4.69) is 9.71 Å². The van der Waals surface area contributed by atoms with Crippen LogP contribution in [0.25, 0.3) is 0 Å². The Labute approximate surface area is 112 Å². The Kier molecular flexibility index (Phi) is 3.78. The molecular weight excluding hydrogens is 296 g/mol. The Bertz CT molecular complexity index is 664. The van der Waals surface area contributed by atoms with Gasteiger partial charge in [0.25, 0.3) is 0 Å². The van der Waals surface area contributed by atoms with E-state index in [-0.39, 0.29) is 12.2 Å². The van der Waals surface area contributed by atoms with Crippen LogP contribution in [0.5, 0.6) is 0 Å². The van der Waals surface area contributed by atoms with Crippen molar-refractivity contribution in [2.75, 3.05) is 5.73 Å². The minimum Gasteiger partial charge on any atom is -0.399 e. The smallest absolute Gasteiger partial charge is 0.246 e. The molecule has 0 aliphatic heterocycles. The van der Waals surface area contributed by atoms with Gasteiger partial charge in [0.15, 0.2) is 4.90 Å². The molecule has 5 nitrogen and oxygen atoms in total. The molecule has 0 amide bonds. The van der Waals surface area contributed by atoms with Gasteiger partial charge in [0.05, 0.1) is 5.51 Å². The van der Waals surface area contributed by atoms with Gasteiger partial charge in [-0.2, -0.15) is 0 Å². The molecule has 1 aromatic carbocycles. The number of hydrogen-bond acceptors (Lipinski definition) is 5. The maximum Gasteiger partial charge on any atom is 0.246 e. The van der Waals surface area contributed by atoms with Crippen molar-refractivity contribution in [3.05, 3.63) is 40.4 Å². The van der Waals surface area contributed by atoms with Crippen LogP contribution in [0.1, 0.15) is 4.88 Å². The molecule has 0 radical (unpaired) electrons. The van der Waals surface area contributed by atoms with Crippen LogP contribution >= 0.6 is 11.3 Å². The lowest BCUT2D eigenvalue weighted by Gasteiger charge is -2.08. The third-order valence-electron chi connectivity index (χ3n) is 2.21. The molecule has 0 aliphatic carbocycles. The summed E-state index contributed by atoms with van der Waals surface area (Å²) in [6.45, 7) is -0.0870. The summed E-state index contributed by atoms with van der Waals surface area (Å²) in [6, 6.07) is 1.51. The maximum absolute atomic E-state index is 13.5. The number of rotatable bonds is 4. The van der Waals surface area contributed by atoms with E-state index in [0.717, 1.165) is 12.1 Å². The van der Waals surface area contributed by atoms with Gasteiger partial charge in [-0.15, -0.1) is 11.3 Å². The lowest BCUT2D eigenvalue weighted by Crippen LogP contribution is -2.25. The first-order valence-corrected chi connectivity index (χ1v) is 7.38. The minimum atomic E-state index is -4.29. The topological polar surface area (TPSA) is 85.1 Å². The molecule has 3 N–H and O–H groups in total. The van der Waals surface area contributed by atoms with Crippen LogP contribution in [0.15, 0.2) is 28.7 Å². The molecule has 2 aromatic rings. The van der Waals surface area contributed by atoms with Gasteiger partial charge in [0, 0.05) is 23.3 Å². The molecule has 9 heteroatoms. The Morgan fingerprint density at radius 1 is 1.32 bits per heavy atom. The molecule has 0 fully saturated rings. The summed E-state index contributed by atoms with van der Waals surface area (Å²) in [5, 5.41) is 0. The molecule has 0 atom stereocenters.